The first kappa shape index (κ1) is 17.5. The van der Waals surface area contributed by atoms with Gasteiger partial charge in [-0.1, -0.05) is 32.0 Å². The normalized spacial score (nSPS) is 11.6. The molecule has 0 aliphatic carbocycles. The van der Waals surface area contributed by atoms with Crippen LogP contribution in [-0.4, -0.2) is 30.6 Å². The molecule has 0 saturated heterocycles. The van der Waals surface area contributed by atoms with Crippen LogP contribution in [0.25, 0.3) is 0 Å². The molecule has 1 atom stereocenters. The number of rotatable bonds is 7. The molecule has 4 N–H and O–H groups in total. The molecule has 0 bridgehead atoms. The molecule has 3 amide bonds. The second kappa shape index (κ2) is 8.66. The van der Waals surface area contributed by atoms with Gasteiger partial charge in [0, 0.05) is 5.69 Å². The number of carbonyl (C=O) groups is 3. The molecular formula is C15H21N3O4. The highest BCUT2D eigenvalue weighted by Crippen LogP contribution is 2.07. The number of anilines is 1. The average Bonchev–Trinajstić information content (AvgIpc) is 2.44. The van der Waals surface area contributed by atoms with E-state index in [9.17, 15) is 14.4 Å². The Morgan fingerprint density at radius 3 is 2.36 bits per heavy atom. The summed E-state index contributed by atoms with van der Waals surface area (Å²) in [6, 6.07) is 7.14. The Morgan fingerprint density at radius 1 is 1.18 bits per heavy atom. The minimum Gasteiger partial charge on any atom is -0.454 e. The van der Waals surface area contributed by atoms with Crippen molar-refractivity contribution in [1.82, 2.24) is 5.32 Å². The van der Waals surface area contributed by atoms with Gasteiger partial charge in [0.25, 0.3) is 5.91 Å². The molecule has 0 fully saturated rings. The van der Waals surface area contributed by atoms with Crippen LogP contribution in [0.2, 0.25) is 0 Å². The van der Waals surface area contributed by atoms with Gasteiger partial charge < -0.3 is 21.1 Å². The Kier molecular flexibility index (Phi) is 6.88. The second-order valence-corrected chi connectivity index (χ2v) is 5.21. The fourth-order valence-corrected chi connectivity index (χ4v) is 1.81. The van der Waals surface area contributed by atoms with Crippen LogP contribution in [0.15, 0.2) is 30.3 Å². The van der Waals surface area contributed by atoms with E-state index in [0.717, 1.165) is 0 Å². The zero-order chi connectivity index (χ0) is 16.5. The number of hydrogen-bond acceptors (Lipinski definition) is 4. The van der Waals surface area contributed by atoms with Crippen LogP contribution in [0.3, 0.4) is 0 Å². The molecule has 22 heavy (non-hydrogen) atoms. The van der Waals surface area contributed by atoms with Gasteiger partial charge in [-0.05, 0) is 24.5 Å². The largest absolute Gasteiger partial charge is 0.454 e. The summed E-state index contributed by atoms with van der Waals surface area (Å²) >= 11 is 0. The predicted octanol–water partition coefficient (Wildman–Crippen LogP) is 1.25. The topological polar surface area (TPSA) is 111 Å². The summed E-state index contributed by atoms with van der Waals surface area (Å²) in [6.45, 7) is 3.36. The maximum Gasteiger partial charge on any atom is 0.329 e. The SMILES string of the molecule is CC(C)CC(NC(N)=O)C(=O)OCC(=O)Nc1ccccc1. The van der Waals surface area contributed by atoms with Crippen LogP contribution in [0.5, 0.6) is 0 Å². The zero-order valence-corrected chi connectivity index (χ0v) is 12.7. The van der Waals surface area contributed by atoms with Gasteiger partial charge in [-0.2, -0.15) is 0 Å². The number of amides is 3. The van der Waals surface area contributed by atoms with Crippen molar-refractivity contribution >= 4 is 23.6 Å². The van der Waals surface area contributed by atoms with E-state index >= 15 is 0 Å². The van der Waals surface area contributed by atoms with Crippen LogP contribution in [0, 0.1) is 5.92 Å². The number of primary amides is 1. The van der Waals surface area contributed by atoms with Crippen LogP contribution in [0.4, 0.5) is 10.5 Å². The molecule has 120 valence electrons. The lowest BCUT2D eigenvalue weighted by Crippen LogP contribution is -2.45. The van der Waals surface area contributed by atoms with E-state index < -0.39 is 30.6 Å². The van der Waals surface area contributed by atoms with E-state index in [-0.39, 0.29) is 5.92 Å². The summed E-state index contributed by atoms with van der Waals surface area (Å²) in [5.41, 5.74) is 5.64. The van der Waals surface area contributed by atoms with Gasteiger partial charge in [0.15, 0.2) is 6.61 Å². The van der Waals surface area contributed by atoms with Crippen molar-refractivity contribution in [3.05, 3.63) is 30.3 Å². The van der Waals surface area contributed by atoms with E-state index in [1.807, 2.05) is 19.9 Å². The molecule has 0 radical (unpaired) electrons. The maximum atomic E-state index is 11.9. The van der Waals surface area contributed by atoms with Gasteiger partial charge in [-0.15, -0.1) is 0 Å². The third kappa shape index (κ3) is 6.74. The standard InChI is InChI=1S/C15H21N3O4/c1-10(2)8-12(18-15(16)21)14(20)22-9-13(19)17-11-6-4-3-5-7-11/h3-7,10,12H,8-9H2,1-2H3,(H,17,19)(H3,16,18,21). The van der Waals surface area contributed by atoms with Crippen molar-refractivity contribution < 1.29 is 19.1 Å². The van der Waals surface area contributed by atoms with Crippen molar-refractivity contribution in [2.45, 2.75) is 26.3 Å². The Balaban J connectivity index is 2.47. The van der Waals surface area contributed by atoms with Crippen LogP contribution >= 0.6 is 0 Å². The van der Waals surface area contributed by atoms with Crippen LogP contribution < -0.4 is 16.4 Å². The molecule has 1 unspecified atom stereocenters. The number of nitrogens with two attached hydrogens (primary N) is 1. The zero-order valence-electron chi connectivity index (χ0n) is 12.7. The van der Waals surface area contributed by atoms with Gasteiger partial charge in [-0.25, -0.2) is 9.59 Å². The minimum atomic E-state index is -0.859. The second-order valence-electron chi connectivity index (χ2n) is 5.21. The molecule has 7 heteroatoms. The van der Waals surface area contributed by atoms with Gasteiger partial charge in [-0.3, -0.25) is 4.79 Å². The monoisotopic (exact) mass is 307 g/mol. The molecule has 0 heterocycles. The molecule has 0 aliphatic rings. The van der Waals surface area contributed by atoms with Crippen LogP contribution in [-0.2, 0) is 14.3 Å². The Labute approximate surface area is 129 Å². The number of benzene rings is 1. The Hall–Kier alpha value is -2.57. The number of esters is 1. The first-order valence-electron chi connectivity index (χ1n) is 6.96. The molecule has 1 aromatic carbocycles. The molecule has 0 aliphatic heterocycles. The van der Waals surface area contributed by atoms with Crippen LogP contribution in [0.1, 0.15) is 20.3 Å². The average molecular weight is 307 g/mol. The van der Waals surface area contributed by atoms with Gasteiger partial charge in [0.05, 0.1) is 0 Å². The Morgan fingerprint density at radius 2 is 1.82 bits per heavy atom. The summed E-state index contributed by atoms with van der Waals surface area (Å²) in [6.07, 6.45) is 0.377. The number of ether oxygens (including phenoxy) is 1. The van der Waals surface area contributed by atoms with E-state index in [1.54, 1.807) is 24.3 Å². The summed E-state index contributed by atoms with van der Waals surface area (Å²) in [4.78, 5) is 34.5. The first-order valence-corrected chi connectivity index (χ1v) is 6.96. The van der Waals surface area contributed by atoms with Gasteiger partial charge >= 0.3 is 12.0 Å². The third-order valence-corrected chi connectivity index (χ3v) is 2.71. The predicted molar refractivity (Wildman–Crippen MR) is 82.0 cm³/mol. The third-order valence-electron chi connectivity index (χ3n) is 2.71. The first-order chi connectivity index (χ1) is 10.4. The highest BCUT2D eigenvalue weighted by molar-refractivity contribution is 5.93. The summed E-state index contributed by atoms with van der Waals surface area (Å²) in [5, 5.41) is 4.91. The quantitative estimate of drug-likeness (QED) is 0.658. The van der Waals surface area contributed by atoms with Crippen molar-refractivity contribution in [2.75, 3.05) is 11.9 Å². The number of para-hydroxylation sites is 1. The number of nitrogens with one attached hydrogen (secondary N) is 2. The van der Waals surface area contributed by atoms with Gasteiger partial charge in [0.2, 0.25) is 0 Å². The maximum absolute atomic E-state index is 11.9. The smallest absolute Gasteiger partial charge is 0.329 e. The highest BCUT2D eigenvalue weighted by Gasteiger charge is 2.23. The fraction of sp³-hybridized carbons (Fsp3) is 0.400. The van der Waals surface area contributed by atoms with E-state index in [1.165, 1.54) is 0 Å². The van der Waals surface area contributed by atoms with Crippen molar-refractivity contribution in [1.29, 1.82) is 0 Å². The molecule has 1 rings (SSSR count). The van der Waals surface area contributed by atoms with E-state index in [4.69, 9.17) is 10.5 Å². The van der Waals surface area contributed by atoms with E-state index in [0.29, 0.717) is 12.1 Å². The minimum absolute atomic E-state index is 0.155. The van der Waals surface area contributed by atoms with E-state index in [2.05, 4.69) is 10.6 Å². The Bertz CT molecular complexity index is 517. The number of urea groups is 1. The molecular weight excluding hydrogens is 286 g/mol. The molecule has 0 spiro atoms. The number of hydrogen-bond donors (Lipinski definition) is 3. The summed E-state index contributed by atoms with van der Waals surface area (Å²) in [5.74, 6) is -0.986. The van der Waals surface area contributed by atoms with Crippen molar-refractivity contribution in [2.24, 2.45) is 11.7 Å². The lowest BCUT2D eigenvalue weighted by molar-refractivity contribution is -0.149. The molecule has 0 aromatic heterocycles. The fourth-order valence-electron chi connectivity index (χ4n) is 1.81. The molecule has 1 aromatic rings. The highest BCUT2D eigenvalue weighted by atomic mass is 16.5. The van der Waals surface area contributed by atoms with Crippen molar-refractivity contribution in [3.63, 3.8) is 0 Å². The van der Waals surface area contributed by atoms with Gasteiger partial charge in [0.1, 0.15) is 6.04 Å². The summed E-state index contributed by atoms with van der Waals surface area (Å²) in [7, 11) is 0. The van der Waals surface area contributed by atoms with Crippen molar-refractivity contribution in [3.8, 4) is 0 Å². The lowest BCUT2D eigenvalue weighted by atomic mass is 10.0. The molecule has 7 nitrogen and oxygen atoms in total. The molecule has 0 saturated carbocycles. The number of carbonyl (C=O) groups excluding carboxylic acids is 3. The summed E-state index contributed by atoms with van der Waals surface area (Å²) < 4.78 is 4.92. The lowest BCUT2D eigenvalue weighted by Gasteiger charge is -2.18.